The second-order valence-corrected chi connectivity index (χ2v) is 9.56. The van der Waals surface area contributed by atoms with E-state index in [0.717, 1.165) is 32.0 Å². The summed E-state index contributed by atoms with van der Waals surface area (Å²) in [5, 5.41) is 6.57. The van der Waals surface area contributed by atoms with Crippen molar-refractivity contribution >= 4 is 39.8 Å². The number of sulfone groups is 1. The molecule has 8 heteroatoms. The molecule has 0 saturated carbocycles. The van der Waals surface area contributed by atoms with Gasteiger partial charge in [-0.1, -0.05) is 18.2 Å². The number of guanidine groups is 1. The van der Waals surface area contributed by atoms with Crippen LogP contribution < -0.4 is 10.6 Å². The Hall–Kier alpha value is -0.870. The zero-order valence-corrected chi connectivity index (χ0v) is 21.7. The molecule has 6 nitrogen and oxygen atoms in total. The topological polar surface area (TPSA) is 73.8 Å². The van der Waals surface area contributed by atoms with Gasteiger partial charge < -0.3 is 10.6 Å². The summed E-state index contributed by atoms with van der Waals surface area (Å²) in [7, 11) is -3.23. The fraction of sp³-hybridized carbons (Fsp3) is 0.667. The Labute approximate surface area is 194 Å². The first-order valence-electron chi connectivity index (χ1n) is 10.3. The number of rotatable bonds is 12. The summed E-state index contributed by atoms with van der Waals surface area (Å²) in [5.74, 6) is 0.859. The Morgan fingerprint density at radius 3 is 2.21 bits per heavy atom. The van der Waals surface area contributed by atoms with Crippen molar-refractivity contribution in [3.63, 3.8) is 0 Å². The minimum Gasteiger partial charge on any atom is -0.357 e. The van der Waals surface area contributed by atoms with Gasteiger partial charge in [0.1, 0.15) is 0 Å². The van der Waals surface area contributed by atoms with E-state index >= 15 is 0 Å². The van der Waals surface area contributed by atoms with Crippen LogP contribution in [0.5, 0.6) is 0 Å². The zero-order valence-electron chi connectivity index (χ0n) is 18.5. The van der Waals surface area contributed by atoms with Crippen molar-refractivity contribution in [2.75, 3.05) is 31.9 Å². The highest BCUT2D eigenvalue weighted by molar-refractivity contribution is 14.0. The number of nitrogens with one attached hydrogen (secondary N) is 2. The molecule has 0 aromatic heterocycles. The second-order valence-electron chi connectivity index (χ2n) is 7.45. The van der Waals surface area contributed by atoms with E-state index in [0.29, 0.717) is 29.9 Å². The molecule has 1 aromatic rings. The summed E-state index contributed by atoms with van der Waals surface area (Å²) in [4.78, 5) is 7.36. The maximum atomic E-state index is 12.3. The lowest BCUT2D eigenvalue weighted by molar-refractivity contribution is 0.173. The Kier molecular flexibility index (Phi) is 14.6. The van der Waals surface area contributed by atoms with Crippen molar-refractivity contribution in [1.29, 1.82) is 0 Å². The highest BCUT2D eigenvalue weighted by atomic mass is 127. The average molecular weight is 539 g/mol. The van der Waals surface area contributed by atoms with Gasteiger partial charge in [-0.15, -0.1) is 24.0 Å². The zero-order chi connectivity index (χ0) is 21.0. The van der Waals surface area contributed by atoms with Crippen LogP contribution in [0.1, 0.15) is 47.5 Å². The SMILES string of the molecule is CCNC(=NCCCS(=O)(=O)c1ccccc1)NCCCN(C(C)C)C(C)C.I. The minimum absolute atomic E-state index is 0. The fourth-order valence-electron chi connectivity index (χ4n) is 3.11. The van der Waals surface area contributed by atoms with E-state index in [4.69, 9.17) is 0 Å². The Morgan fingerprint density at radius 2 is 1.66 bits per heavy atom. The average Bonchev–Trinajstić information content (AvgIpc) is 2.65. The predicted molar refractivity (Wildman–Crippen MR) is 134 cm³/mol. The van der Waals surface area contributed by atoms with Crippen LogP contribution in [0.2, 0.25) is 0 Å². The molecule has 1 rings (SSSR count). The molecular formula is C21H39IN4O2S. The summed E-state index contributed by atoms with van der Waals surface area (Å²) < 4.78 is 24.6. The molecule has 0 fully saturated rings. The number of nitrogens with zero attached hydrogens (tertiary/aromatic N) is 2. The third kappa shape index (κ3) is 11.2. The van der Waals surface area contributed by atoms with Crippen LogP contribution in [-0.4, -0.2) is 63.3 Å². The van der Waals surface area contributed by atoms with Gasteiger partial charge in [0.2, 0.25) is 0 Å². The molecule has 0 aliphatic rings. The largest absolute Gasteiger partial charge is 0.357 e. The van der Waals surface area contributed by atoms with Gasteiger partial charge in [0.15, 0.2) is 15.8 Å². The first-order chi connectivity index (χ1) is 13.3. The Bertz CT molecular complexity index is 671. The van der Waals surface area contributed by atoms with E-state index in [1.165, 1.54) is 0 Å². The summed E-state index contributed by atoms with van der Waals surface area (Å²) >= 11 is 0. The number of aliphatic imine (C=N–C) groups is 1. The van der Waals surface area contributed by atoms with Crippen LogP contribution in [0.3, 0.4) is 0 Å². The maximum absolute atomic E-state index is 12.3. The smallest absolute Gasteiger partial charge is 0.191 e. The van der Waals surface area contributed by atoms with Gasteiger partial charge in [0.05, 0.1) is 10.6 Å². The lowest BCUT2D eigenvalue weighted by atomic mass is 10.2. The molecule has 0 amide bonds. The maximum Gasteiger partial charge on any atom is 0.191 e. The van der Waals surface area contributed by atoms with Crippen molar-refractivity contribution in [1.82, 2.24) is 15.5 Å². The standard InChI is InChI=1S/C21H38N4O2S.HI/c1-6-22-21(23-14-10-16-25(18(2)3)19(4)5)24-15-11-17-28(26,27)20-12-8-7-9-13-20;/h7-9,12-13,18-19H,6,10-11,14-17H2,1-5H3,(H2,22,23,24);1H. The molecule has 1 aromatic carbocycles. The molecule has 0 radical (unpaired) electrons. The quantitative estimate of drug-likeness (QED) is 0.184. The van der Waals surface area contributed by atoms with Gasteiger partial charge in [0, 0.05) is 38.3 Å². The molecule has 2 N–H and O–H groups in total. The Morgan fingerprint density at radius 1 is 1.03 bits per heavy atom. The third-order valence-corrected chi connectivity index (χ3v) is 6.32. The molecule has 0 saturated heterocycles. The summed E-state index contributed by atoms with van der Waals surface area (Å²) in [6.45, 7) is 14.1. The van der Waals surface area contributed by atoms with Gasteiger partial charge in [-0.3, -0.25) is 9.89 Å². The van der Waals surface area contributed by atoms with Crippen LogP contribution in [0, 0.1) is 0 Å². The van der Waals surface area contributed by atoms with Gasteiger partial charge in [-0.25, -0.2) is 8.42 Å². The molecule has 168 valence electrons. The van der Waals surface area contributed by atoms with Gasteiger partial charge in [-0.05, 0) is 59.6 Å². The van der Waals surface area contributed by atoms with Crippen molar-refractivity contribution in [2.45, 2.75) is 64.4 Å². The van der Waals surface area contributed by atoms with Gasteiger partial charge in [0.25, 0.3) is 0 Å². The van der Waals surface area contributed by atoms with Crippen LogP contribution in [0.4, 0.5) is 0 Å². The Balaban J connectivity index is 0.00000784. The first kappa shape index (κ1) is 28.1. The molecule has 0 aliphatic heterocycles. The third-order valence-electron chi connectivity index (χ3n) is 4.50. The molecule has 29 heavy (non-hydrogen) atoms. The van der Waals surface area contributed by atoms with Crippen molar-refractivity contribution < 1.29 is 8.42 Å². The summed E-state index contributed by atoms with van der Waals surface area (Å²) in [6, 6.07) is 9.67. The van der Waals surface area contributed by atoms with Gasteiger partial charge >= 0.3 is 0 Å². The van der Waals surface area contributed by atoms with Crippen molar-refractivity contribution in [3.8, 4) is 0 Å². The van der Waals surface area contributed by atoms with Crippen LogP contribution in [0.15, 0.2) is 40.2 Å². The van der Waals surface area contributed by atoms with Crippen molar-refractivity contribution in [2.24, 2.45) is 4.99 Å². The fourth-order valence-corrected chi connectivity index (χ4v) is 4.43. The minimum atomic E-state index is -3.23. The van der Waals surface area contributed by atoms with E-state index in [1.54, 1.807) is 24.3 Å². The van der Waals surface area contributed by atoms with Gasteiger partial charge in [-0.2, -0.15) is 0 Å². The molecule has 0 bridgehead atoms. The molecular weight excluding hydrogens is 499 g/mol. The predicted octanol–water partition coefficient (Wildman–Crippen LogP) is 3.53. The summed E-state index contributed by atoms with van der Waals surface area (Å²) in [5.41, 5.74) is 0. The number of halogens is 1. The van der Waals surface area contributed by atoms with E-state index in [-0.39, 0.29) is 29.7 Å². The lowest BCUT2D eigenvalue weighted by Gasteiger charge is -2.30. The monoisotopic (exact) mass is 538 g/mol. The van der Waals surface area contributed by atoms with Crippen LogP contribution >= 0.6 is 24.0 Å². The van der Waals surface area contributed by atoms with E-state index in [1.807, 2.05) is 13.0 Å². The first-order valence-corrected chi connectivity index (χ1v) is 12.0. The van der Waals surface area contributed by atoms with Crippen LogP contribution in [0.25, 0.3) is 0 Å². The number of hydrogen-bond donors (Lipinski definition) is 2. The normalized spacial score (nSPS) is 12.3. The van der Waals surface area contributed by atoms with E-state index in [9.17, 15) is 8.42 Å². The van der Waals surface area contributed by atoms with E-state index in [2.05, 4.69) is 48.2 Å². The molecule has 0 spiro atoms. The summed E-state index contributed by atoms with van der Waals surface area (Å²) in [6.07, 6.45) is 1.53. The number of hydrogen-bond acceptors (Lipinski definition) is 4. The highest BCUT2D eigenvalue weighted by Crippen LogP contribution is 2.11. The number of benzene rings is 1. The molecule has 0 atom stereocenters. The second kappa shape index (κ2) is 15.0. The van der Waals surface area contributed by atoms with E-state index < -0.39 is 9.84 Å². The van der Waals surface area contributed by atoms with Crippen molar-refractivity contribution in [3.05, 3.63) is 30.3 Å². The van der Waals surface area contributed by atoms with Crippen LogP contribution in [-0.2, 0) is 9.84 Å². The highest BCUT2D eigenvalue weighted by Gasteiger charge is 2.13. The molecule has 0 unspecified atom stereocenters. The molecule has 0 heterocycles. The lowest BCUT2D eigenvalue weighted by Crippen LogP contribution is -2.41. The molecule has 0 aliphatic carbocycles.